The number of aromatic nitrogens is 1. The first-order chi connectivity index (χ1) is 11.5. The van der Waals surface area contributed by atoms with Gasteiger partial charge in [-0.25, -0.2) is 9.59 Å². The Balaban J connectivity index is 0.000000224. The molecule has 0 saturated carbocycles. The predicted octanol–water partition coefficient (Wildman–Crippen LogP) is 0.463. The number of anilines is 1. The maximum Gasteiger partial charge on any atom is 0.328 e. The van der Waals surface area contributed by atoms with Gasteiger partial charge in [0.2, 0.25) is 0 Å². The molecule has 0 unspecified atom stereocenters. The third-order valence-corrected chi connectivity index (χ3v) is 3.97. The Labute approximate surface area is 139 Å². The molecule has 126 valence electrons. The molecule has 1 aromatic rings. The molecule has 0 aromatic carbocycles. The van der Waals surface area contributed by atoms with Gasteiger partial charge in [0.05, 0.1) is 17.4 Å². The molecule has 0 spiro atoms. The van der Waals surface area contributed by atoms with Gasteiger partial charge in [-0.3, -0.25) is 4.98 Å². The van der Waals surface area contributed by atoms with Gasteiger partial charge in [0.1, 0.15) is 6.07 Å². The van der Waals surface area contributed by atoms with Crippen LogP contribution in [0.4, 0.5) is 5.69 Å². The maximum atomic E-state index is 9.55. The van der Waals surface area contributed by atoms with E-state index in [-0.39, 0.29) is 0 Å². The molecule has 2 atom stereocenters. The van der Waals surface area contributed by atoms with Gasteiger partial charge in [0.15, 0.2) is 0 Å². The van der Waals surface area contributed by atoms with Crippen LogP contribution in [0.5, 0.6) is 0 Å². The summed E-state index contributed by atoms with van der Waals surface area (Å²) in [6, 6.07) is 4.67. The molecular formula is C16H18N4O4. The fraction of sp³-hybridized carbons (Fsp3) is 0.375. The Morgan fingerprint density at radius 2 is 2.04 bits per heavy atom. The Morgan fingerprint density at radius 1 is 1.33 bits per heavy atom. The summed E-state index contributed by atoms with van der Waals surface area (Å²) in [7, 11) is 0. The summed E-state index contributed by atoms with van der Waals surface area (Å²) in [4.78, 5) is 25.6. The quantitative estimate of drug-likeness (QED) is 0.682. The maximum absolute atomic E-state index is 9.55. The van der Waals surface area contributed by atoms with Crippen molar-refractivity contribution in [2.45, 2.75) is 12.5 Å². The molecule has 2 aliphatic rings. The van der Waals surface area contributed by atoms with Crippen molar-refractivity contribution in [2.24, 2.45) is 5.92 Å². The molecule has 1 aromatic heterocycles. The lowest BCUT2D eigenvalue weighted by Gasteiger charge is -2.52. The summed E-state index contributed by atoms with van der Waals surface area (Å²) >= 11 is 0. The zero-order valence-corrected chi connectivity index (χ0v) is 12.9. The lowest BCUT2D eigenvalue weighted by atomic mass is 9.83. The second kappa shape index (κ2) is 8.08. The monoisotopic (exact) mass is 330 g/mol. The van der Waals surface area contributed by atoms with Crippen molar-refractivity contribution in [3.63, 3.8) is 0 Å². The van der Waals surface area contributed by atoms with Crippen LogP contribution in [0, 0.1) is 17.2 Å². The van der Waals surface area contributed by atoms with E-state index in [9.17, 15) is 9.59 Å². The largest absolute Gasteiger partial charge is 0.478 e. The molecular weight excluding hydrogens is 312 g/mol. The lowest BCUT2D eigenvalue weighted by Crippen LogP contribution is -2.63. The zero-order chi connectivity index (χ0) is 17.5. The molecule has 0 radical (unpaired) electrons. The van der Waals surface area contributed by atoms with Crippen molar-refractivity contribution in [2.75, 3.05) is 24.5 Å². The standard InChI is InChI=1S/C12H14N4.C4H4O4/c13-4-9-3-11(6-15-5-9)16-8-10-1-2-14-7-12(10)16;5-3(6)1-2-4(7)8/h3,5-6,10,12,14H,1-2,7-8H2;1-2H,(H,5,6)(H,7,8)/b;2-1+/t10-,12-;/m1./s1. The molecule has 0 bridgehead atoms. The summed E-state index contributed by atoms with van der Waals surface area (Å²) in [5.41, 5.74) is 1.73. The average molecular weight is 330 g/mol. The first-order valence-corrected chi connectivity index (χ1v) is 7.47. The highest BCUT2D eigenvalue weighted by Gasteiger charge is 2.40. The highest BCUT2D eigenvalue weighted by atomic mass is 16.4. The Bertz CT molecular complexity index is 667. The highest BCUT2D eigenvalue weighted by molar-refractivity contribution is 5.89. The Hall–Kier alpha value is -2.92. The van der Waals surface area contributed by atoms with Crippen LogP contribution >= 0.6 is 0 Å². The van der Waals surface area contributed by atoms with Gasteiger partial charge in [-0.15, -0.1) is 0 Å². The summed E-state index contributed by atoms with van der Waals surface area (Å²) in [5.74, 6) is -1.69. The molecule has 8 heteroatoms. The van der Waals surface area contributed by atoms with Crippen molar-refractivity contribution < 1.29 is 19.8 Å². The number of carbonyl (C=O) groups is 2. The summed E-state index contributed by atoms with van der Waals surface area (Å²) in [6.07, 6.45) is 5.85. The molecule has 3 heterocycles. The number of nitrogens with one attached hydrogen (secondary N) is 1. The lowest BCUT2D eigenvalue weighted by molar-refractivity contribution is -0.134. The van der Waals surface area contributed by atoms with Gasteiger partial charge in [-0.05, 0) is 24.9 Å². The normalized spacial score (nSPS) is 21.7. The number of piperidine rings is 1. The van der Waals surface area contributed by atoms with E-state index in [1.165, 1.54) is 6.42 Å². The third kappa shape index (κ3) is 4.54. The SMILES string of the molecule is N#Cc1cncc(N2C[C@H]3CCNC[C@H]32)c1.O=C(O)/C=C/C(=O)O. The van der Waals surface area contributed by atoms with E-state index < -0.39 is 11.9 Å². The van der Waals surface area contributed by atoms with Crippen LogP contribution in [-0.2, 0) is 9.59 Å². The smallest absolute Gasteiger partial charge is 0.328 e. The molecule has 2 aliphatic heterocycles. The molecule has 8 nitrogen and oxygen atoms in total. The van der Waals surface area contributed by atoms with E-state index in [4.69, 9.17) is 15.5 Å². The Kier molecular flexibility index (Phi) is 5.87. The minimum absolute atomic E-state index is 0.558. The molecule has 3 N–H and O–H groups in total. The van der Waals surface area contributed by atoms with Crippen molar-refractivity contribution in [1.82, 2.24) is 10.3 Å². The van der Waals surface area contributed by atoms with E-state index in [0.29, 0.717) is 23.8 Å². The van der Waals surface area contributed by atoms with Gasteiger partial charge in [0.25, 0.3) is 0 Å². The van der Waals surface area contributed by atoms with E-state index in [1.807, 2.05) is 12.3 Å². The zero-order valence-electron chi connectivity index (χ0n) is 12.9. The molecule has 2 fully saturated rings. The van der Waals surface area contributed by atoms with Crippen LogP contribution in [-0.4, -0.2) is 52.8 Å². The van der Waals surface area contributed by atoms with Crippen LogP contribution < -0.4 is 10.2 Å². The number of nitriles is 1. The number of aliphatic carboxylic acids is 2. The first-order valence-electron chi connectivity index (χ1n) is 7.47. The summed E-state index contributed by atoms with van der Waals surface area (Å²) < 4.78 is 0. The van der Waals surface area contributed by atoms with E-state index >= 15 is 0 Å². The number of carboxylic acids is 2. The molecule has 0 aliphatic carbocycles. The van der Waals surface area contributed by atoms with Crippen molar-refractivity contribution in [1.29, 1.82) is 5.26 Å². The van der Waals surface area contributed by atoms with Gasteiger partial charge >= 0.3 is 11.9 Å². The number of carboxylic acid groups (broad SMARTS) is 2. The van der Waals surface area contributed by atoms with Gasteiger partial charge < -0.3 is 20.4 Å². The minimum Gasteiger partial charge on any atom is -0.478 e. The van der Waals surface area contributed by atoms with Crippen LogP contribution in [0.15, 0.2) is 30.6 Å². The van der Waals surface area contributed by atoms with Crippen LogP contribution in [0.2, 0.25) is 0 Å². The van der Waals surface area contributed by atoms with E-state index in [1.54, 1.807) is 6.20 Å². The average Bonchev–Trinajstić information content (AvgIpc) is 2.55. The number of hydrogen-bond donors (Lipinski definition) is 3. The number of nitrogens with zero attached hydrogens (tertiary/aromatic N) is 3. The second-order valence-corrected chi connectivity index (χ2v) is 5.53. The Morgan fingerprint density at radius 3 is 2.62 bits per heavy atom. The topological polar surface area (TPSA) is 127 Å². The van der Waals surface area contributed by atoms with Crippen molar-refractivity contribution in [3.05, 3.63) is 36.2 Å². The van der Waals surface area contributed by atoms with Gasteiger partial charge in [-0.2, -0.15) is 5.26 Å². The molecule has 3 rings (SSSR count). The van der Waals surface area contributed by atoms with Crippen LogP contribution in [0.3, 0.4) is 0 Å². The fourth-order valence-corrected chi connectivity index (χ4v) is 2.81. The number of hydrogen-bond acceptors (Lipinski definition) is 6. The molecule has 2 saturated heterocycles. The van der Waals surface area contributed by atoms with Crippen LogP contribution in [0.25, 0.3) is 0 Å². The number of rotatable bonds is 3. The van der Waals surface area contributed by atoms with E-state index in [0.717, 1.165) is 31.2 Å². The molecule has 24 heavy (non-hydrogen) atoms. The third-order valence-electron chi connectivity index (χ3n) is 3.97. The van der Waals surface area contributed by atoms with Gasteiger partial charge in [-0.1, -0.05) is 0 Å². The second-order valence-electron chi connectivity index (χ2n) is 5.53. The summed E-state index contributed by atoms with van der Waals surface area (Å²) in [6.45, 7) is 3.32. The van der Waals surface area contributed by atoms with E-state index in [2.05, 4.69) is 21.3 Å². The molecule has 0 amide bonds. The van der Waals surface area contributed by atoms with Crippen molar-refractivity contribution in [3.8, 4) is 6.07 Å². The van der Waals surface area contributed by atoms with Gasteiger partial charge in [0, 0.05) is 37.5 Å². The summed E-state index contributed by atoms with van der Waals surface area (Å²) in [5, 5.41) is 27.9. The fourth-order valence-electron chi connectivity index (χ4n) is 2.81. The predicted molar refractivity (Wildman–Crippen MR) is 85.5 cm³/mol. The number of pyridine rings is 1. The first kappa shape index (κ1) is 17.4. The van der Waals surface area contributed by atoms with Crippen LogP contribution in [0.1, 0.15) is 12.0 Å². The minimum atomic E-state index is -1.26. The van der Waals surface area contributed by atoms with Crippen molar-refractivity contribution >= 4 is 17.6 Å². The highest BCUT2D eigenvalue weighted by Crippen LogP contribution is 2.34. The number of fused-ring (bicyclic) bond motifs is 1.